The van der Waals surface area contributed by atoms with E-state index in [1.54, 1.807) is 23.7 Å². The molecular formula is C24H24BrClN4OS. The number of nitrogens with zero attached hydrogens (tertiary/aromatic N) is 4. The van der Waals surface area contributed by atoms with E-state index in [4.69, 9.17) is 16.3 Å². The molecule has 1 aliphatic heterocycles. The first-order chi connectivity index (χ1) is 15.3. The molecule has 0 unspecified atom stereocenters. The topological polar surface area (TPSA) is 51.1 Å². The number of pyridine rings is 1. The number of hydrogen-bond donors (Lipinski definition) is 0. The Morgan fingerprint density at radius 2 is 2.03 bits per heavy atom. The van der Waals surface area contributed by atoms with Crippen molar-refractivity contribution in [3.8, 4) is 11.4 Å². The molecule has 4 rings (SSSR count). The largest absolute Gasteiger partial charge is 0.488 e. The molecule has 0 aromatic carbocycles. The molecule has 8 heteroatoms. The third kappa shape index (κ3) is 5.05. The van der Waals surface area contributed by atoms with E-state index in [2.05, 4.69) is 74.9 Å². The van der Waals surface area contributed by atoms with Gasteiger partial charge in [0.05, 0.1) is 33.1 Å². The fourth-order valence-corrected chi connectivity index (χ4v) is 4.76. The molecule has 0 spiro atoms. The van der Waals surface area contributed by atoms with E-state index in [-0.39, 0.29) is 5.92 Å². The van der Waals surface area contributed by atoms with Crippen molar-refractivity contribution in [2.75, 3.05) is 11.4 Å². The second-order valence-corrected chi connectivity index (χ2v) is 10.5. The summed E-state index contributed by atoms with van der Waals surface area (Å²) < 4.78 is 7.05. The number of hydrogen-bond acceptors (Lipinski definition) is 6. The number of ether oxygens (including phenoxy) is 1. The first-order valence-corrected chi connectivity index (χ1v) is 12.4. The van der Waals surface area contributed by atoms with Gasteiger partial charge in [0.2, 0.25) is 0 Å². The summed E-state index contributed by atoms with van der Waals surface area (Å²) in [7, 11) is 0. The van der Waals surface area contributed by atoms with Gasteiger partial charge in [-0.1, -0.05) is 25.4 Å². The number of halogens is 2. The molecule has 4 heterocycles. The van der Waals surface area contributed by atoms with Gasteiger partial charge in [-0.2, -0.15) is 0 Å². The lowest BCUT2D eigenvalue weighted by Crippen LogP contribution is -2.27. The van der Waals surface area contributed by atoms with Gasteiger partial charge in [0, 0.05) is 40.5 Å². The number of rotatable bonds is 6. The highest BCUT2D eigenvalue weighted by Crippen LogP contribution is 2.36. The molecule has 5 nitrogen and oxygen atoms in total. The lowest BCUT2D eigenvalue weighted by molar-refractivity contribution is 0.208. The van der Waals surface area contributed by atoms with Crippen LogP contribution in [-0.2, 0) is 11.3 Å². The minimum absolute atomic E-state index is 0.242. The molecule has 0 bridgehead atoms. The van der Waals surface area contributed by atoms with E-state index in [9.17, 15) is 0 Å². The normalized spacial score (nSPS) is 14.2. The van der Waals surface area contributed by atoms with Gasteiger partial charge >= 0.3 is 0 Å². The van der Waals surface area contributed by atoms with E-state index in [0.717, 1.165) is 38.8 Å². The summed E-state index contributed by atoms with van der Waals surface area (Å²) in [4.78, 5) is 17.0. The maximum atomic E-state index is 6.57. The summed E-state index contributed by atoms with van der Waals surface area (Å²) in [6.07, 6.45) is 5.49. The van der Waals surface area contributed by atoms with Crippen molar-refractivity contribution in [1.82, 2.24) is 15.0 Å². The predicted molar refractivity (Wildman–Crippen MR) is 135 cm³/mol. The number of allylic oxidation sites excluding steroid dienone is 2. The van der Waals surface area contributed by atoms with Gasteiger partial charge < -0.3 is 9.64 Å². The van der Waals surface area contributed by atoms with Crippen molar-refractivity contribution < 1.29 is 4.74 Å². The van der Waals surface area contributed by atoms with Crippen LogP contribution in [0.4, 0.5) is 5.69 Å². The SMILES string of the molecule is CC1=CC(OCc2csc(C)c2)=C(Br)CN1c1cc(-c2ccnc(C(C)C)n2)ncc1Cl. The van der Waals surface area contributed by atoms with Gasteiger partial charge in [0.15, 0.2) is 0 Å². The molecule has 1 aliphatic rings. The van der Waals surface area contributed by atoms with E-state index in [1.165, 1.54) is 10.4 Å². The van der Waals surface area contributed by atoms with E-state index < -0.39 is 0 Å². The van der Waals surface area contributed by atoms with Crippen LogP contribution in [0.1, 0.15) is 43.0 Å². The molecule has 0 amide bonds. The zero-order valence-corrected chi connectivity index (χ0v) is 21.6. The molecule has 0 fully saturated rings. The van der Waals surface area contributed by atoms with Crippen LogP contribution in [0.2, 0.25) is 5.02 Å². The van der Waals surface area contributed by atoms with E-state index in [0.29, 0.717) is 18.2 Å². The lowest BCUT2D eigenvalue weighted by Gasteiger charge is -2.30. The van der Waals surface area contributed by atoms with Gasteiger partial charge in [-0.15, -0.1) is 11.3 Å². The van der Waals surface area contributed by atoms with Crippen LogP contribution in [0.3, 0.4) is 0 Å². The summed E-state index contributed by atoms with van der Waals surface area (Å²) in [5, 5.41) is 2.71. The highest BCUT2D eigenvalue weighted by Gasteiger charge is 2.22. The molecule has 0 atom stereocenters. The van der Waals surface area contributed by atoms with Crippen molar-refractivity contribution >= 4 is 44.6 Å². The fourth-order valence-electron chi connectivity index (χ4n) is 3.39. The van der Waals surface area contributed by atoms with Crippen LogP contribution in [-0.4, -0.2) is 21.5 Å². The third-order valence-corrected chi connectivity index (χ3v) is 6.93. The number of aryl methyl sites for hydroxylation is 1. The quantitative estimate of drug-likeness (QED) is 0.336. The van der Waals surface area contributed by atoms with Crippen LogP contribution >= 0.6 is 38.9 Å². The molecule has 0 radical (unpaired) electrons. The van der Waals surface area contributed by atoms with Crippen molar-refractivity contribution in [2.45, 2.75) is 40.2 Å². The van der Waals surface area contributed by atoms with Gasteiger partial charge in [-0.25, -0.2) is 9.97 Å². The van der Waals surface area contributed by atoms with Crippen LogP contribution in [0.5, 0.6) is 0 Å². The van der Waals surface area contributed by atoms with Gasteiger partial charge in [-0.3, -0.25) is 4.98 Å². The lowest BCUT2D eigenvalue weighted by atomic mass is 10.1. The highest BCUT2D eigenvalue weighted by molar-refractivity contribution is 9.11. The molecule has 0 aliphatic carbocycles. The Morgan fingerprint density at radius 3 is 2.75 bits per heavy atom. The first kappa shape index (κ1) is 23.0. The molecule has 3 aromatic heterocycles. The van der Waals surface area contributed by atoms with Gasteiger partial charge in [0.25, 0.3) is 0 Å². The Bertz CT molecular complexity index is 1200. The minimum atomic E-state index is 0.242. The summed E-state index contributed by atoms with van der Waals surface area (Å²) in [5.74, 6) is 1.88. The number of anilines is 1. The van der Waals surface area contributed by atoms with Crippen molar-refractivity contribution in [2.24, 2.45) is 0 Å². The summed E-state index contributed by atoms with van der Waals surface area (Å²) in [6, 6.07) is 6.01. The second kappa shape index (κ2) is 9.73. The standard InChI is InChI=1S/C24H24BrClN4OS/c1-14(2)24-27-6-5-20(29-24)21-9-22(19(26)10-28-21)30-11-18(25)23(7-15(30)3)31-12-17-8-16(4)32-13-17/h5-10,13-14H,11-12H2,1-4H3. The van der Waals surface area contributed by atoms with Crippen molar-refractivity contribution in [3.63, 3.8) is 0 Å². The smallest absolute Gasteiger partial charge is 0.133 e. The van der Waals surface area contributed by atoms with Gasteiger partial charge in [-0.05, 0) is 53.4 Å². The molecule has 3 aromatic rings. The average Bonchev–Trinajstić information content (AvgIpc) is 3.19. The Hall–Kier alpha value is -2.22. The van der Waals surface area contributed by atoms with Crippen LogP contribution in [0, 0.1) is 6.92 Å². The van der Waals surface area contributed by atoms with E-state index in [1.807, 2.05) is 18.2 Å². The Kier molecular flexibility index (Phi) is 6.98. The maximum absolute atomic E-state index is 6.57. The Labute approximate surface area is 206 Å². The molecule has 166 valence electrons. The fraction of sp³-hybridized carbons (Fsp3) is 0.292. The van der Waals surface area contributed by atoms with Crippen LogP contribution < -0.4 is 4.90 Å². The molecular weight excluding hydrogens is 508 g/mol. The van der Waals surface area contributed by atoms with Crippen molar-refractivity contribution in [3.05, 3.63) is 79.3 Å². The van der Waals surface area contributed by atoms with Crippen LogP contribution in [0.25, 0.3) is 11.4 Å². The zero-order valence-electron chi connectivity index (χ0n) is 18.4. The molecule has 0 saturated carbocycles. The summed E-state index contributed by atoms with van der Waals surface area (Å²) in [6.45, 7) is 9.46. The Morgan fingerprint density at radius 1 is 1.22 bits per heavy atom. The monoisotopic (exact) mass is 530 g/mol. The van der Waals surface area contributed by atoms with Gasteiger partial charge in [0.1, 0.15) is 18.2 Å². The maximum Gasteiger partial charge on any atom is 0.133 e. The number of aromatic nitrogens is 3. The average molecular weight is 532 g/mol. The minimum Gasteiger partial charge on any atom is -0.488 e. The summed E-state index contributed by atoms with van der Waals surface area (Å²) >= 11 is 12.0. The molecule has 0 saturated heterocycles. The molecule has 0 N–H and O–H groups in total. The Balaban J connectivity index is 1.58. The van der Waals surface area contributed by atoms with Crippen LogP contribution in [0.15, 0.2) is 58.0 Å². The second-order valence-electron chi connectivity index (χ2n) is 7.97. The van der Waals surface area contributed by atoms with Crippen molar-refractivity contribution in [1.29, 1.82) is 0 Å². The highest BCUT2D eigenvalue weighted by atomic mass is 79.9. The first-order valence-electron chi connectivity index (χ1n) is 10.3. The zero-order chi connectivity index (χ0) is 22.8. The van der Waals surface area contributed by atoms with E-state index >= 15 is 0 Å². The number of thiophene rings is 1. The molecule has 32 heavy (non-hydrogen) atoms. The third-order valence-electron chi connectivity index (χ3n) is 5.09. The predicted octanol–water partition coefficient (Wildman–Crippen LogP) is 7.23. The summed E-state index contributed by atoms with van der Waals surface area (Å²) in [5.41, 5.74) is 4.64.